The first-order valence-corrected chi connectivity index (χ1v) is 8.70. The van der Waals surface area contributed by atoms with Gasteiger partial charge in [0.15, 0.2) is 0 Å². The topological polar surface area (TPSA) is 89.7 Å². The Labute approximate surface area is 133 Å². The molecule has 0 spiro atoms. The summed E-state index contributed by atoms with van der Waals surface area (Å²) in [5.74, 6) is -0.723. The molecule has 0 bridgehead atoms. The van der Waals surface area contributed by atoms with Gasteiger partial charge in [-0.25, -0.2) is 8.42 Å². The molecule has 1 unspecified atom stereocenters. The third kappa shape index (κ3) is 3.06. The van der Waals surface area contributed by atoms with E-state index in [1.807, 2.05) is 0 Å². The lowest BCUT2D eigenvalue weighted by Crippen LogP contribution is -2.54. The van der Waals surface area contributed by atoms with Crippen LogP contribution in [0.25, 0.3) is 0 Å². The number of amides is 1. The summed E-state index contributed by atoms with van der Waals surface area (Å²) in [5.41, 5.74) is 5.25. The SMILES string of the molecule is NC(=O)C1COCCN1S(=O)(=O)c1cc(Br)ccc1Br. The van der Waals surface area contributed by atoms with Crippen molar-refractivity contribution in [3.63, 3.8) is 0 Å². The molecule has 2 rings (SSSR count). The smallest absolute Gasteiger partial charge is 0.245 e. The molecule has 1 amide bonds. The lowest BCUT2D eigenvalue weighted by molar-refractivity contribution is -0.125. The maximum absolute atomic E-state index is 12.7. The first-order valence-electron chi connectivity index (χ1n) is 5.68. The number of hydrogen-bond acceptors (Lipinski definition) is 4. The van der Waals surface area contributed by atoms with E-state index in [0.717, 1.165) is 4.31 Å². The van der Waals surface area contributed by atoms with Crippen LogP contribution in [0.4, 0.5) is 0 Å². The molecule has 1 fully saturated rings. The summed E-state index contributed by atoms with van der Waals surface area (Å²) in [6, 6.07) is 3.83. The summed E-state index contributed by atoms with van der Waals surface area (Å²) in [6.07, 6.45) is 0. The van der Waals surface area contributed by atoms with E-state index in [9.17, 15) is 13.2 Å². The molecule has 20 heavy (non-hydrogen) atoms. The minimum absolute atomic E-state index is 0.0276. The van der Waals surface area contributed by atoms with Crippen molar-refractivity contribution in [3.8, 4) is 0 Å². The van der Waals surface area contributed by atoms with Crippen LogP contribution in [-0.2, 0) is 19.6 Å². The highest BCUT2D eigenvalue weighted by Gasteiger charge is 2.38. The summed E-state index contributed by atoms with van der Waals surface area (Å²) >= 11 is 6.45. The van der Waals surface area contributed by atoms with Crippen LogP contribution in [0.15, 0.2) is 32.0 Å². The number of rotatable bonds is 3. The number of primary amides is 1. The van der Waals surface area contributed by atoms with Crippen LogP contribution >= 0.6 is 31.9 Å². The zero-order chi connectivity index (χ0) is 14.9. The Morgan fingerprint density at radius 3 is 2.75 bits per heavy atom. The zero-order valence-electron chi connectivity index (χ0n) is 10.3. The fourth-order valence-corrected chi connectivity index (χ4v) is 4.93. The van der Waals surface area contributed by atoms with E-state index in [-0.39, 0.29) is 24.7 Å². The molecule has 1 aliphatic heterocycles. The maximum Gasteiger partial charge on any atom is 0.245 e. The summed E-state index contributed by atoms with van der Waals surface area (Å²) < 4.78 is 32.6. The molecule has 2 N–H and O–H groups in total. The van der Waals surface area contributed by atoms with E-state index >= 15 is 0 Å². The molecule has 1 saturated heterocycles. The predicted octanol–water partition coefficient (Wildman–Crippen LogP) is 1.09. The van der Waals surface area contributed by atoms with Gasteiger partial charge in [0.25, 0.3) is 0 Å². The van der Waals surface area contributed by atoms with Gasteiger partial charge < -0.3 is 10.5 Å². The number of hydrogen-bond donors (Lipinski definition) is 1. The Kier molecular flexibility index (Phi) is 4.85. The highest BCUT2D eigenvalue weighted by molar-refractivity contribution is 9.11. The maximum atomic E-state index is 12.7. The zero-order valence-corrected chi connectivity index (χ0v) is 14.2. The van der Waals surface area contributed by atoms with Crippen LogP contribution in [0, 0.1) is 0 Å². The largest absolute Gasteiger partial charge is 0.378 e. The first-order chi connectivity index (χ1) is 9.34. The molecule has 1 aromatic carbocycles. The Morgan fingerprint density at radius 1 is 1.40 bits per heavy atom. The third-order valence-corrected chi connectivity index (χ3v) is 6.28. The average molecular weight is 428 g/mol. The number of carbonyl (C=O) groups excluding carboxylic acids is 1. The van der Waals surface area contributed by atoms with Crippen molar-refractivity contribution in [2.24, 2.45) is 5.73 Å². The fraction of sp³-hybridized carbons (Fsp3) is 0.364. The second-order valence-electron chi connectivity index (χ2n) is 4.18. The number of nitrogens with two attached hydrogens (primary N) is 1. The molecule has 0 radical (unpaired) electrons. The lowest BCUT2D eigenvalue weighted by Gasteiger charge is -2.32. The third-order valence-electron chi connectivity index (χ3n) is 2.89. The summed E-state index contributed by atoms with van der Waals surface area (Å²) in [4.78, 5) is 11.5. The van der Waals surface area contributed by atoms with E-state index in [1.165, 1.54) is 6.07 Å². The fourth-order valence-electron chi connectivity index (χ4n) is 1.90. The molecule has 110 valence electrons. The van der Waals surface area contributed by atoms with Crippen LogP contribution in [-0.4, -0.2) is 44.4 Å². The van der Waals surface area contributed by atoms with Gasteiger partial charge in [-0.05, 0) is 34.1 Å². The summed E-state index contributed by atoms with van der Waals surface area (Å²) in [6.45, 7) is 0.295. The Balaban J connectivity index is 2.47. The molecule has 6 nitrogen and oxygen atoms in total. The standard InChI is InChI=1S/C11H12Br2N2O4S/c12-7-1-2-8(13)10(5-7)20(17,18)15-3-4-19-6-9(15)11(14)16/h1-2,5,9H,3-4,6H2,(H2,14,16). The van der Waals surface area contributed by atoms with Crippen LogP contribution in [0.5, 0.6) is 0 Å². The molecular weight excluding hydrogens is 416 g/mol. The van der Waals surface area contributed by atoms with Gasteiger partial charge >= 0.3 is 0 Å². The minimum Gasteiger partial charge on any atom is -0.378 e. The molecule has 0 aromatic heterocycles. The minimum atomic E-state index is -3.83. The highest BCUT2D eigenvalue weighted by atomic mass is 79.9. The number of nitrogens with zero attached hydrogens (tertiary/aromatic N) is 1. The van der Waals surface area contributed by atoms with Crippen molar-refractivity contribution >= 4 is 47.8 Å². The average Bonchev–Trinajstić information content (AvgIpc) is 2.41. The van der Waals surface area contributed by atoms with E-state index in [1.54, 1.807) is 12.1 Å². The van der Waals surface area contributed by atoms with Crippen LogP contribution in [0.3, 0.4) is 0 Å². The van der Waals surface area contributed by atoms with Crippen molar-refractivity contribution in [2.75, 3.05) is 19.8 Å². The number of morpholine rings is 1. The number of halogens is 2. The van der Waals surface area contributed by atoms with Gasteiger partial charge in [-0.15, -0.1) is 0 Å². The van der Waals surface area contributed by atoms with Crippen LogP contribution < -0.4 is 5.73 Å². The molecule has 1 heterocycles. The van der Waals surface area contributed by atoms with Crippen molar-refractivity contribution in [3.05, 3.63) is 27.1 Å². The van der Waals surface area contributed by atoms with E-state index in [4.69, 9.17) is 10.5 Å². The molecule has 9 heteroatoms. The van der Waals surface area contributed by atoms with Crippen molar-refractivity contribution in [2.45, 2.75) is 10.9 Å². The monoisotopic (exact) mass is 426 g/mol. The summed E-state index contributed by atoms with van der Waals surface area (Å²) in [5, 5.41) is 0. The second-order valence-corrected chi connectivity index (χ2v) is 7.81. The van der Waals surface area contributed by atoms with E-state index < -0.39 is 22.0 Å². The predicted molar refractivity (Wildman–Crippen MR) is 79.5 cm³/mol. The normalized spacial score (nSPS) is 20.8. The lowest BCUT2D eigenvalue weighted by atomic mass is 10.3. The van der Waals surface area contributed by atoms with Gasteiger partial charge in [0.2, 0.25) is 15.9 Å². The first kappa shape index (κ1) is 15.9. The molecule has 1 aliphatic rings. The van der Waals surface area contributed by atoms with Crippen molar-refractivity contribution < 1.29 is 17.9 Å². The Bertz CT molecular complexity index is 635. The number of ether oxygens (including phenoxy) is 1. The van der Waals surface area contributed by atoms with E-state index in [0.29, 0.717) is 8.95 Å². The van der Waals surface area contributed by atoms with Crippen LogP contribution in [0.1, 0.15) is 0 Å². The number of sulfonamides is 1. The van der Waals surface area contributed by atoms with Gasteiger partial charge in [-0.3, -0.25) is 4.79 Å². The Hall–Kier alpha value is -0.480. The van der Waals surface area contributed by atoms with Crippen molar-refractivity contribution in [1.82, 2.24) is 4.31 Å². The number of carbonyl (C=O) groups is 1. The van der Waals surface area contributed by atoms with Gasteiger partial charge in [-0.2, -0.15) is 4.31 Å². The number of benzene rings is 1. The summed E-state index contributed by atoms with van der Waals surface area (Å²) in [7, 11) is -3.83. The van der Waals surface area contributed by atoms with Crippen molar-refractivity contribution in [1.29, 1.82) is 0 Å². The quantitative estimate of drug-likeness (QED) is 0.781. The second kappa shape index (κ2) is 6.10. The van der Waals surface area contributed by atoms with E-state index in [2.05, 4.69) is 31.9 Å². The molecule has 0 aliphatic carbocycles. The van der Waals surface area contributed by atoms with Gasteiger partial charge in [0.05, 0.1) is 18.1 Å². The highest BCUT2D eigenvalue weighted by Crippen LogP contribution is 2.29. The molecule has 1 atom stereocenters. The Morgan fingerprint density at radius 2 is 2.10 bits per heavy atom. The van der Waals surface area contributed by atoms with Crippen LogP contribution in [0.2, 0.25) is 0 Å². The molecule has 0 saturated carbocycles. The van der Waals surface area contributed by atoms with Gasteiger partial charge in [0.1, 0.15) is 6.04 Å². The molecular formula is C11H12Br2N2O4S. The molecule has 1 aromatic rings. The van der Waals surface area contributed by atoms with Gasteiger partial charge in [-0.1, -0.05) is 15.9 Å². The van der Waals surface area contributed by atoms with Gasteiger partial charge in [0, 0.05) is 15.5 Å².